The summed E-state index contributed by atoms with van der Waals surface area (Å²) in [5.41, 5.74) is -0.0921. The predicted octanol–water partition coefficient (Wildman–Crippen LogP) is 5.85. The molecule has 6 heteroatoms. The lowest BCUT2D eigenvalue weighted by molar-refractivity contribution is -0.387. The SMILES string of the molecule is O=[N+]([O-])c1cccc(-c2ccccc2Oc2ccccc2Cl)c1F. The summed E-state index contributed by atoms with van der Waals surface area (Å²) in [5, 5.41) is 11.4. The van der Waals surface area contributed by atoms with Crippen molar-refractivity contribution in [1.82, 2.24) is 0 Å². The molecule has 0 radical (unpaired) electrons. The quantitative estimate of drug-likeness (QED) is 0.441. The van der Waals surface area contributed by atoms with E-state index < -0.39 is 16.4 Å². The summed E-state index contributed by atoms with van der Waals surface area (Å²) < 4.78 is 20.3. The molecule has 0 saturated carbocycles. The molecule has 0 aliphatic heterocycles. The molecule has 0 fully saturated rings. The standard InChI is InChI=1S/C18H11ClFNO3/c19-14-8-2-4-11-17(14)24-16-10-3-1-6-12(16)13-7-5-9-15(18(13)20)21(22)23/h1-11H. The van der Waals surface area contributed by atoms with Gasteiger partial charge in [-0.3, -0.25) is 10.1 Å². The van der Waals surface area contributed by atoms with Crippen molar-refractivity contribution in [1.29, 1.82) is 0 Å². The van der Waals surface area contributed by atoms with Gasteiger partial charge in [0.2, 0.25) is 5.82 Å². The molecule has 4 nitrogen and oxygen atoms in total. The summed E-state index contributed by atoms with van der Waals surface area (Å²) >= 11 is 6.08. The molecule has 0 aromatic heterocycles. The minimum atomic E-state index is -0.905. The van der Waals surface area contributed by atoms with Crippen LogP contribution in [0.5, 0.6) is 11.5 Å². The Morgan fingerprint density at radius 2 is 1.50 bits per heavy atom. The maximum absolute atomic E-state index is 14.5. The zero-order chi connectivity index (χ0) is 17.1. The zero-order valence-electron chi connectivity index (χ0n) is 12.3. The van der Waals surface area contributed by atoms with E-state index in [1.807, 2.05) is 0 Å². The Balaban J connectivity index is 2.10. The van der Waals surface area contributed by atoms with Gasteiger partial charge in [-0.1, -0.05) is 54.1 Å². The van der Waals surface area contributed by atoms with Gasteiger partial charge < -0.3 is 4.74 Å². The van der Waals surface area contributed by atoms with Gasteiger partial charge in [-0.05, 0) is 18.2 Å². The average Bonchev–Trinajstić information content (AvgIpc) is 2.57. The third kappa shape index (κ3) is 3.07. The number of hydrogen-bond donors (Lipinski definition) is 0. The lowest BCUT2D eigenvalue weighted by Gasteiger charge is -2.12. The Bertz CT molecular complexity index is 914. The molecule has 0 aliphatic rings. The highest BCUT2D eigenvalue weighted by Gasteiger charge is 2.20. The second-order valence-electron chi connectivity index (χ2n) is 4.92. The van der Waals surface area contributed by atoms with Crippen LogP contribution < -0.4 is 4.74 Å². The van der Waals surface area contributed by atoms with Gasteiger partial charge >= 0.3 is 5.69 Å². The lowest BCUT2D eigenvalue weighted by atomic mass is 10.0. The number of hydrogen-bond acceptors (Lipinski definition) is 3. The summed E-state index contributed by atoms with van der Waals surface area (Å²) in [4.78, 5) is 10.2. The Labute approximate surface area is 142 Å². The summed E-state index contributed by atoms with van der Waals surface area (Å²) in [6.07, 6.45) is 0. The molecule has 0 aliphatic carbocycles. The molecule has 0 amide bonds. The van der Waals surface area contributed by atoms with E-state index in [1.165, 1.54) is 12.1 Å². The lowest BCUT2D eigenvalue weighted by Crippen LogP contribution is -1.96. The highest BCUT2D eigenvalue weighted by Crippen LogP contribution is 2.38. The Hall–Kier alpha value is -2.92. The van der Waals surface area contributed by atoms with Gasteiger partial charge in [0.05, 0.1) is 9.95 Å². The molecule has 0 saturated heterocycles. The molecule has 0 heterocycles. The van der Waals surface area contributed by atoms with Crippen molar-refractivity contribution in [3.8, 4) is 22.6 Å². The maximum atomic E-state index is 14.5. The van der Waals surface area contributed by atoms with Crippen molar-refractivity contribution < 1.29 is 14.1 Å². The van der Waals surface area contributed by atoms with Gasteiger partial charge in [0.15, 0.2) is 0 Å². The summed E-state index contributed by atoms with van der Waals surface area (Å²) in [7, 11) is 0. The third-order valence-electron chi connectivity index (χ3n) is 3.41. The summed E-state index contributed by atoms with van der Waals surface area (Å²) in [6.45, 7) is 0. The Kier molecular flexibility index (Phi) is 4.44. The van der Waals surface area contributed by atoms with Crippen LogP contribution in [0.15, 0.2) is 66.7 Å². The number of para-hydroxylation sites is 2. The molecular formula is C18H11ClFNO3. The highest BCUT2D eigenvalue weighted by atomic mass is 35.5. The molecule has 0 bridgehead atoms. The first kappa shape index (κ1) is 16.0. The van der Waals surface area contributed by atoms with Gasteiger partial charge in [-0.25, -0.2) is 0 Å². The normalized spacial score (nSPS) is 10.4. The number of ether oxygens (including phenoxy) is 1. The summed E-state index contributed by atoms with van der Waals surface area (Å²) in [5.74, 6) is -0.139. The van der Waals surface area contributed by atoms with Crippen LogP contribution in [0.2, 0.25) is 5.02 Å². The topological polar surface area (TPSA) is 52.4 Å². The van der Waals surface area contributed by atoms with Crippen LogP contribution in [-0.4, -0.2) is 4.92 Å². The minimum Gasteiger partial charge on any atom is -0.455 e. The number of nitro benzene ring substituents is 1. The largest absolute Gasteiger partial charge is 0.455 e. The fourth-order valence-electron chi connectivity index (χ4n) is 2.29. The zero-order valence-corrected chi connectivity index (χ0v) is 13.0. The van der Waals surface area contributed by atoms with Gasteiger partial charge in [0.1, 0.15) is 11.5 Å². The van der Waals surface area contributed by atoms with E-state index in [0.29, 0.717) is 22.1 Å². The molecular weight excluding hydrogens is 333 g/mol. The summed E-state index contributed by atoms with van der Waals surface area (Å²) in [6, 6.07) is 17.6. The van der Waals surface area contributed by atoms with E-state index in [4.69, 9.17) is 16.3 Å². The Morgan fingerprint density at radius 3 is 2.21 bits per heavy atom. The number of rotatable bonds is 4. The molecule has 120 valence electrons. The number of benzene rings is 3. The minimum absolute atomic E-state index is 0.0897. The smallest absolute Gasteiger partial charge is 0.305 e. The highest BCUT2D eigenvalue weighted by molar-refractivity contribution is 6.32. The van der Waals surface area contributed by atoms with E-state index in [9.17, 15) is 14.5 Å². The predicted molar refractivity (Wildman–Crippen MR) is 90.0 cm³/mol. The van der Waals surface area contributed by atoms with Crippen LogP contribution in [0.4, 0.5) is 10.1 Å². The van der Waals surface area contributed by atoms with Crippen molar-refractivity contribution in [2.24, 2.45) is 0 Å². The first-order valence-electron chi connectivity index (χ1n) is 7.02. The molecule has 3 aromatic carbocycles. The number of nitrogens with zero attached hydrogens (tertiary/aromatic N) is 1. The van der Waals surface area contributed by atoms with E-state index >= 15 is 0 Å². The average molecular weight is 344 g/mol. The molecule has 0 spiro atoms. The van der Waals surface area contributed by atoms with Gasteiger partial charge in [-0.2, -0.15) is 4.39 Å². The monoisotopic (exact) mass is 343 g/mol. The van der Waals surface area contributed by atoms with Crippen LogP contribution in [0.25, 0.3) is 11.1 Å². The van der Waals surface area contributed by atoms with Crippen molar-refractivity contribution >= 4 is 17.3 Å². The van der Waals surface area contributed by atoms with Crippen molar-refractivity contribution in [3.05, 3.63) is 87.7 Å². The van der Waals surface area contributed by atoms with Crippen LogP contribution in [0, 0.1) is 15.9 Å². The number of nitro groups is 1. The maximum Gasteiger partial charge on any atom is 0.305 e. The van der Waals surface area contributed by atoms with Crippen LogP contribution in [0.1, 0.15) is 0 Å². The second kappa shape index (κ2) is 6.68. The molecule has 0 unspecified atom stereocenters. The van der Waals surface area contributed by atoms with Gasteiger partial charge in [0.25, 0.3) is 0 Å². The molecule has 0 atom stereocenters. The van der Waals surface area contributed by atoms with Crippen molar-refractivity contribution in [2.75, 3.05) is 0 Å². The number of halogens is 2. The van der Waals surface area contributed by atoms with E-state index in [0.717, 1.165) is 6.07 Å². The van der Waals surface area contributed by atoms with Gasteiger partial charge in [-0.15, -0.1) is 0 Å². The van der Waals surface area contributed by atoms with Crippen LogP contribution >= 0.6 is 11.6 Å². The first-order chi connectivity index (χ1) is 11.6. The van der Waals surface area contributed by atoms with Crippen molar-refractivity contribution in [3.63, 3.8) is 0 Å². The fraction of sp³-hybridized carbons (Fsp3) is 0. The fourth-order valence-corrected chi connectivity index (χ4v) is 2.47. The first-order valence-corrected chi connectivity index (χ1v) is 7.40. The molecule has 3 rings (SSSR count). The molecule has 0 N–H and O–H groups in total. The van der Waals surface area contributed by atoms with E-state index in [1.54, 1.807) is 48.5 Å². The van der Waals surface area contributed by atoms with Crippen LogP contribution in [-0.2, 0) is 0 Å². The molecule has 3 aromatic rings. The van der Waals surface area contributed by atoms with Crippen molar-refractivity contribution in [2.45, 2.75) is 0 Å². The van der Waals surface area contributed by atoms with Crippen LogP contribution in [0.3, 0.4) is 0 Å². The Morgan fingerprint density at radius 1 is 0.875 bits per heavy atom. The molecule has 24 heavy (non-hydrogen) atoms. The van der Waals surface area contributed by atoms with E-state index in [-0.39, 0.29) is 5.56 Å². The van der Waals surface area contributed by atoms with E-state index in [2.05, 4.69) is 0 Å². The van der Waals surface area contributed by atoms with Gasteiger partial charge in [0, 0.05) is 17.2 Å². The third-order valence-corrected chi connectivity index (χ3v) is 3.72. The second-order valence-corrected chi connectivity index (χ2v) is 5.33.